The number of fused-ring (bicyclic) bond motifs is 1. The highest BCUT2D eigenvalue weighted by molar-refractivity contribution is 5.76. The fourth-order valence-electron chi connectivity index (χ4n) is 10.7. The summed E-state index contributed by atoms with van der Waals surface area (Å²) in [5.41, 5.74) is 3.41. The molecule has 1 aromatic rings. The quantitative estimate of drug-likeness (QED) is 0.659. The Morgan fingerprint density at radius 3 is 2.77 bits per heavy atom. The number of carbonyl (C=O) groups is 1. The number of likely N-dealkylation sites (tertiary alicyclic amines) is 2. The molecule has 0 spiro atoms. The van der Waals surface area contributed by atoms with Crippen LogP contribution in [-0.2, 0) is 11.8 Å². The zero-order valence-corrected chi connectivity index (χ0v) is 21.1. The summed E-state index contributed by atoms with van der Waals surface area (Å²) >= 11 is 0. The second kappa shape index (κ2) is 7.40. The van der Waals surface area contributed by atoms with Crippen molar-refractivity contribution in [1.82, 2.24) is 15.1 Å². The number of benzene rings is 1. The molecule has 0 radical (unpaired) electrons. The number of urea groups is 1. The third-order valence-corrected chi connectivity index (χ3v) is 12.0. The zero-order chi connectivity index (χ0) is 23.4. The average molecular weight is 476 g/mol. The van der Waals surface area contributed by atoms with Gasteiger partial charge in [0.1, 0.15) is 5.75 Å². The minimum absolute atomic E-state index is 0.136. The Morgan fingerprint density at radius 1 is 1.09 bits per heavy atom. The second-order valence-corrected chi connectivity index (χ2v) is 13.4. The van der Waals surface area contributed by atoms with Crippen molar-refractivity contribution in [2.45, 2.75) is 101 Å². The Balaban J connectivity index is 1.17. The predicted octanol–water partition coefficient (Wildman–Crippen LogP) is 4.81. The normalized spacial score (nSPS) is 42.0. The van der Waals surface area contributed by atoms with Crippen molar-refractivity contribution < 1.29 is 9.90 Å². The molecule has 188 valence electrons. The third kappa shape index (κ3) is 2.82. The molecule has 1 aromatic carbocycles. The lowest BCUT2D eigenvalue weighted by Gasteiger charge is -2.66. The van der Waals surface area contributed by atoms with Gasteiger partial charge in [-0.25, -0.2) is 4.79 Å². The number of nitrogens with zero attached hydrogens (tertiary/aromatic N) is 2. The number of phenolic OH excluding ortho intramolecular Hbond substituents is 1. The Kier molecular flexibility index (Phi) is 4.51. The Morgan fingerprint density at radius 2 is 1.94 bits per heavy atom. The van der Waals surface area contributed by atoms with Gasteiger partial charge in [0.25, 0.3) is 0 Å². The summed E-state index contributed by atoms with van der Waals surface area (Å²) in [6.07, 6.45) is 15.0. The van der Waals surface area contributed by atoms with Crippen molar-refractivity contribution in [3.8, 4) is 5.75 Å². The minimum Gasteiger partial charge on any atom is -0.508 e. The highest BCUT2D eigenvalue weighted by Gasteiger charge is 2.76. The lowest BCUT2D eigenvalue weighted by atomic mass is 9.43. The van der Waals surface area contributed by atoms with E-state index in [-0.39, 0.29) is 11.4 Å². The first-order valence-corrected chi connectivity index (χ1v) is 14.7. The number of aromatic hydroxyl groups is 1. The number of phenols is 1. The van der Waals surface area contributed by atoms with Crippen LogP contribution in [0.4, 0.5) is 4.79 Å². The molecule has 7 aliphatic rings. The van der Waals surface area contributed by atoms with Crippen molar-refractivity contribution >= 4 is 6.03 Å². The maximum atomic E-state index is 13.6. The van der Waals surface area contributed by atoms with Gasteiger partial charge in [-0.15, -0.1) is 0 Å². The number of nitrogens with one attached hydrogen (secondary N) is 1. The molecule has 5 aliphatic carbocycles. The van der Waals surface area contributed by atoms with Crippen molar-refractivity contribution in [2.24, 2.45) is 23.2 Å². The molecule has 5 nitrogen and oxygen atoms in total. The fraction of sp³-hybridized carbons (Fsp3) is 0.767. The summed E-state index contributed by atoms with van der Waals surface area (Å²) < 4.78 is 0. The van der Waals surface area contributed by atoms with E-state index in [4.69, 9.17) is 0 Å². The molecule has 4 saturated carbocycles. The first-order valence-electron chi connectivity index (χ1n) is 14.7. The lowest BCUT2D eigenvalue weighted by molar-refractivity contribution is -0.101. The summed E-state index contributed by atoms with van der Waals surface area (Å²) in [7, 11) is 0. The van der Waals surface area contributed by atoms with Crippen LogP contribution < -0.4 is 5.32 Å². The van der Waals surface area contributed by atoms with Gasteiger partial charge >= 0.3 is 6.03 Å². The van der Waals surface area contributed by atoms with Gasteiger partial charge in [0.15, 0.2) is 0 Å². The van der Waals surface area contributed by atoms with Crippen LogP contribution >= 0.6 is 0 Å². The van der Waals surface area contributed by atoms with Crippen molar-refractivity contribution in [3.63, 3.8) is 0 Å². The summed E-state index contributed by atoms with van der Waals surface area (Å²) in [6, 6.07) is 7.89. The number of hydrogen-bond donors (Lipinski definition) is 2. The SMILES string of the molecule is O=C(NC1CCCCC1)N1C[C@H]2CC34CCC1C2C31CCN(CC2CC2)C4Cc2ccc(O)cc21. The van der Waals surface area contributed by atoms with E-state index in [1.165, 1.54) is 82.0 Å². The fourth-order valence-corrected chi connectivity index (χ4v) is 10.7. The van der Waals surface area contributed by atoms with E-state index in [0.29, 0.717) is 41.1 Å². The standard InChI is InChI=1S/C30H41N3O2/c34-23-9-8-20-14-26-29-11-10-25-27(30(29,24(20)15-23)12-13-32(26)17-19-6-7-19)21(16-29)18-33(25)28(35)31-22-4-2-1-3-5-22/h8-9,15,19,21-22,25-27,34H,1-7,10-14,16-18H2,(H,31,35)/t21-,25?,26?,27?,29?,30?/m1/s1. The molecule has 6 fully saturated rings. The van der Waals surface area contributed by atoms with E-state index in [2.05, 4.69) is 27.2 Å². The minimum atomic E-state index is 0.136. The highest BCUT2D eigenvalue weighted by Crippen LogP contribution is 2.75. The molecule has 2 N–H and O–H groups in total. The molecule has 5 unspecified atom stereocenters. The smallest absolute Gasteiger partial charge is 0.317 e. The van der Waals surface area contributed by atoms with Gasteiger partial charge in [-0.05, 0) is 111 Å². The predicted molar refractivity (Wildman–Crippen MR) is 135 cm³/mol. The molecule has 8 rings (SSSR count). The molecule has 2 saturated heterocycles. The second-order valence-electron chi connectivity index (χ2n) is 13.4. The van der Waals surface area contributed by atoms with Gasteiger partial charge in [0.05, 0.1) is 0 Å². The molecule has 35 heavy (non-hydrogen) atoms. The Bertz CT molecular complexity index is 1050. The molecule has 2 heterocycles. The van der Waals surface area contributed by atoms with Crippen molar-refractivity contribution in [3.05, 3.63) is 29.3 Å². The van der Waals surface area contributed by atoms with Gasteiger partial charge in [0.2, 0.25) is 0 Å². The molecular weight excluding hydrogens is 434 g/mol. The number of amides is 2. The molecule has 5 heteroatoms. The van der Waals surface area contributed by atoms with Crippen LogP contribution in [0.1, 0.15) is 81.8 Å². The van der Waals surface area contributed by atoms with Crippen LogP contribution in [0.5, 0.6) is 5.75 Å². The van der Waals surface area contributed by atoms with Crippen LogP contribution in [0.2, 0.25) is 0 Å². The van der Waals surface area contributed by atoms with Gasteiger partial charge in [-0.2, -0.15) is 0 Å². The number of rotatable bonds is 3. The maximum absolute atomic E-state index is 13.6. The van der Waals surface area contributed by atoms with Crippen LogP contribution in [0.25, 0.3) is 0 Å². The van der Waals surface area contributed by atoms with Gasteiger partial charge in [0, 0.05) is 36.6 Å². The first-order chi connectivity index (χ1) is 17.1. The topological polar surface area (TPSA) is 55.8 Å². The Hall–Kier alpha value is -1.75. The van der Waals surface area contributed by atoms with E-state index in [1.807, 2.05) is 6.07 Å². The van der Waals surface area contributed by atoms with Crippen molar-refractivity contribution in [2.75, 3.05) is 19.6 Å². The highest BCUT2D eigenvalue weighted by atomic mass is 16.3. The molecular formula is C30H41N3O2. The monoisotopic (exact) mass is 475 g/mol. The van der Waals surface area contributed by atoms with Gasteiger partial charge in [-0.1, -0.05) is 25.3 Å². The molecule has 0 aromatic heterocycles. The van der Waals surface area contributed by atoms with Crippen LogP contribution in [-0.4, -0.2) is 58.7 Å². The van der Waals surface area contributed by atoms with Gasteiger partial charge < -0.3 is 15.3 Å². The zero-order valence-electron chi connectivity index (χ0n) is 21.1. The average Bonchev–Trinajstić information content (AvgIpc) is 3.55. The van der Waals surface area contributed by atoms with E-state index < -0.39 is 0 Å². The van der Waals surface area contributed by atoms with Gasteiger partial charge in [-0.3, -0.25) is 4.90 Å². The molecule has 2 aliphatic heterocycles. The largest absolute Gasteiger partial charge is 0.508 e. The summed E-state index contributed by atoms with van der Waals surface area (Å²) in [4.78, 5) is 18.8. The first kappa shape index (κ1) is 21.3. The van der Waals surface area contributed by atoms with Crippen molar-refractivity contribution in [1.29, 1.82) is 0 Å². The van der Waals surface area contributed by atoms with Crippen LogP contribution in [0.15, 0.2) is 18.2 Å². The molecule has 4 bridgehead atoms. The number of piperidine rings is 1. The molecule has 2 amide bonds. The van der Waals surface area contributed by atoms with E-state index in [9.17, 15) is 9.90 Å². The van der Waals surface area contributed by atoms with E-state index in [1.54, 1.807) is 0 Å². The lowest BCUT2D eigenvalue weighted by Crippen LogP contribution is -2.70. The summed E-state index contributed by atoms with van der Waals surface area (Å²) in [5.74, 6) is 2.52. The maximum Gasteiger partial charge on any atom is 0.317 e. The number of carbonyl (C=O) groups excluding carboxylic acids is 1. The Labute approximate surface area is 209 Å². The summed E-state index contributed by atoms with van der Waals surface area (Å²) in [5, 5.41) is 14.1. The van der Waals surface area contributed by atoms with E-state index in [0.717, 1.165) is 31.7 Å². The molecule has 6 atom stereocenters. The van der Waals surface area contributed by atoms with Crippen LogP contribution in [0.3, 0.4) is 0 Å². The number of hydrogen-bond acceptors (Lipinski definition) is 3. The van der Waals surface area contributed by atoms with E-state index >= 15 is 0 Å². The van der Waals surface area contributed by atoms with Crippen LogP contribution in [0, 0.1) is 23.2 Å². The third-order valence-electron chi connectivity index (χ3n) is 12.0. The summed E-state index contributed by atoms with van der Waals surface area (Å²) in [6.45, 7) is 3.44.